The molecule has 3 aromatic carbocycles. The van der Waals surface area contributed by atoms with E-state index in [-0.39, 0.29) is 11.3 Å². The Bertz CT molecular complexity index is 1030. The summed E-state index contributed by atoms with van der Waals surface area (Å²) in [4.78, 5) is 24.3. The number of carbonyl (C=O) groups excluding carboxylic acids is 2. The van der Waals surface area contributed by atoms with E-state index in [4.69, 9.17) is 4.74 Å². The van der Waals surface area contributed by atoms with E-state index in [1.807, 2.05) is 18.2 Å². The van der Waals surface area contributed by atoms with Crippen LogP contribution in [0, 0.1) is 0 Å². The summed E-state index contributed by atoms with van der Waals surface area (Å²) < 4.78 is 5.34. The molecule has 0 heterocycles. The second-order valence-electron chi connectivity index (χ2n) is 7.85. The predicted octanol–water partition coefficient (Wildman–Crippen LogP) is 4.97. The Morgan fingerprint density at radius 3 is 2.07 bits per heavy atom. The molecule has 1 amide bonds. The summed E-state index contributed by atoms with van der Waals surface area (Å²) in [6.07, 6.45) is 1.53. The molecule has 152 valence electrons. The van der Waals surface area contributed by atoms with Gasteiger partial charge in [0, 0.05) is 5.56 Å². The lowest BCUT2D eigenvalue weighted by Crippen LogP contribution is -2.18. The molecule has 0 unspecified atom stereocenters. The third kappa shape index (κ3) is 5.64. The number of nitrogens with one attached hydrogen (secondary N) is 1. The van der Waals surface area contributed by atoms with Gasteiger partial charge in [0.2, 0.25) is 0 Å². The van der Waals surface area contributed by atoms with Gasteiger partial charge in [0.15, 0.2) is 0 Å². The smallest absolute Gasteiger partial charge is 0.343 e. The molecule has 0 atom stereocenters. The number of hydrogen-bond donors (Lipinski definition) is 1. The molecule has 5 nitrogen and oxygen atoms in total. The minimum absolute atomic E-state index is 0.0365. The lowest BCUT2D eigenvalue weighted by Gasteiger charge is -2.18. The number of amides is 1. The Labute approximate surface area is 176 Å². The minimum atomic E-state index is -0.415. The summed E-state index contributed by atoms with van der Waals surface area (Å²) in [5, 5.41) is 3.99. The molecule has 0 saturated heterocycles. The average molecular weight is 400 g/mol. The first-order valence-electron chi connectivity index (χ1n) is 9.64. The van der Waals surface area contributed by atoms with E-state index in [2.05, 4.69) is 31.3 Å². The van der Waals surface area contributed by atoms with Crippen LogP contribution in [0.5, 0.6) is 5.75 Å². The van der Waals surface area contributed by atoms with Crippen molar-refractivity contribution in [2.24, 2.45) is 5.10 Å². The number of nitrogens with zero attached hydrogens (tertiary/aromatic N) is 1. The van der Waals surface area contributed by atoms with Crippen molar-refractivity contribution in [1.29, 1.82) is 0 Å². The first-order valence-corrected chi connectivity index (χ1v) is 9.64. The summed E-state index contributed by atoms with van der Waals surface area (Å²) in [6, 6.07) is 23.1. The predicted molar refractivity (Wildman–Crippen MR) is 118 cm³/mol. The molecule has 1 N–H and O–H groups in total. The lowest BCUT2D eigenvalue weighted by molar-refractivity contribution is 0.0734. The van der Waals surface area contributed by atoms with Crippen LogP contribution in [0.25, 0.3) is 0 Å². The van der Waals surface area contributed by atoms with Gasteiger partial charge in [-0.05, 0) is 65.1 Å². The molecule has 0 aliphatic heterocycles. The van der Waals surface area contributed by atoms with Gasteiger partial charge in [-0.25, -0.2) is 10.2 Å². The van der Waals surface area contributed by atoms with Crippen LogP contribution in [-0.4, -0.2) is 18.1 Å². The molecular weight excluding hydrogens is 376 g/mol. The summed E-state index contributed by atoms with van der Waals surface area (Å²) in [7, 11) is 0. The van der Waals surface area contributed by atoms with Gasteiger partial charge in [-0.15, -0.1) is 0 Å². The molecular formula is C25H24N2O3. The highest BCUT2D eigenvalue weighted by Crippen LogP contribution is 2.22. The molecule has 0 spiro atoms. The zero-order valence-corrected chi connectivity index (χ0v) is 17.3. The van der Waals surface area contributed by atoms with E-state index >= 15 is 0 Å². The largest absolute Gasteiger partial charge is 0.423 e. The molecule has 30 heavy (non-hydrogen) atoms. The second-order valence-corrected chi connectivity index (χ2v) is 7.85. The molecule has 0 fully saturated rings. The Morgan fingerprint density at radius 2 is 1.47 bits per heavy atom. The Hall–Kier alpha value is -3.73. The third-order valence-corrected chi connectivity index (χ3v) is 4.49. The summed E-state index contributed by atoms with van der Waals surface area (Å²) in [5.41, 5.74) is 5.51. The van der Waals surface area contributed by atoms with Crippen molar-refractivity contribution in [3.05, 3.63) is 101 Å². The highest BCUT2D eigenvalue weighted by atomic mass is 16.5. The Morgan fingerprint density at radius 1 is 0.833 bits per heavy atom. The van der Waals surface area contributed by atoms with Gasteiger partial charge in [-0.1, -0.05) is 51.1 Å². The zero-order chi connectivity index (χ0) is 21.6. The van der Waals surface area contributed by atoms with E-state index in [1.54, 1.807) is 60.7 Å². The van der Waals surface area contributed by atoms with Gasteiger partial charge in [0.05, 0.1) is 11.8 Å². The maximum Gasteiger partial charge on any atom is 0.343 e. The van der Waals surface area contributed by atoms with E-state index in [0.29, 0.717) is 16.9 Å². The van der Waals surface area contributed by atoms with Crippen LogP contribution < -0.4 is 10.2 Å². The van der Waals surface area contributed by atoms with Crippen molar-refractivity contribution in [3.8, 4) is 5.75 Å². The maximum atomic E-state index is 12.2. The van der Waals surface area contributed by atoms with E-state index < -0.39 is 5.97 Å². The normalized spacial score (nSPS) is 11.3. The number of hydrogen-bond acceptors (Lipinski definition) is 4. The van der Waals surface area contributed by atoms with Gasteiger partial charge in [0.25, 0.3) is 5.91 Å². The van der Waals surface area contributed by atoms with Crippen LogP contribution in [0.1, 0.15) is 52.6 Å². The van der Waals surface area contributed by atoms with Crippen LogP contribution >= 0.6 is 0 Å². The second kappa shape index (κ2) is 9.18. The number of esters is 1. The van der Waals surface area contributed by atoms with Gasteiger partial charge in [0.1, 0.15) is 5.75 Å². The number of ether oxygens (including phenoxy) is 1. The standard InChI is InChI=1S/C25H24N2O3/c1-25(2,3)21-13-11-19(12-14-21)23(28)27-26-17-18-9-15-22(16-10-18)30-24(29)20-7-5-4-6-8-20/h4-17H,1-3H3,(H,27,28)/b26-17+. The Balaban J connectivity index is 1.55. The topological polar surface area (TPSA) is 67.8 Å². The van der Waals surface area contributed by atoms with E-state index in [1.165, 1.54) is 6.21 Å². The summed E-state index contributed by atoms with van der Waals surface area (Å²) >= 11 is 0. The average Bonchev–Trinajstić information content (AvgIpc) is 2.75. The van der Waals surface area contributed by atoms with Crippen LogP contribution in [0.15, 0.2) is 84.0 Å². The number of rotatable bonds is 5. The summed E-state index contributed by atoms with van der Waals surface area (Å²) in [5.74, 6) is -0.258. The zero-order valence-electron chi connectivity index (χ0n) is 17.3. The van der Waals surface area contributed by atoms with Gasteiger partial charge >= 0.3 is 5.97 Å². The molecule has 3 rings (SSSR count). The molecule has 0 radical (unpaired) electrons. The molecule has 0 aliphatic carbocycles. The molecule has 3 aromatic rings. The molecule has 0 saturated carbocycles. The first-order chi connectivity index (χ1) is 14.3. The van der Waals surface area contributed by atoms with E-state index in [9.17, 15) is 9.59 Å². The van der Waals surface area contributed by atoms with Crippen molar-refractivity contribution in [2.75, 3.05) is 0 Å². The van der Waals surface area contributed by atoms with Gasteiger partial charge in [-0.3, -0.25) is 4.79 Å². The van der Waals surface area contributed by atoms with Crippen LogP contribution in [0.2, 0.25) is 0 Å². The SMILES string of the molecule is CC(C)(C)c1ccc(C(=O)N/N=C/c2ccc(OC(=O)c3ccccc3)cc2)cc1. The van der Waals surface area contributed by atoms with Crippen molar-refractivity contribution in [1.82, 2.24) is 5.43 Å². The fraction of sp³-hybridized carbons (Fsp3) is 0.160. The molecule has 5 heteroatoms. The molecule has 0 bridgehead atoms. The quantitative estimate of drug-likeness (QED) is 0.285. The maximum absolute atomic E-state index is 12.2. The molecule has 0 aliphatic rings. The van der Waals surface area contributed by atoms with E-state index in [0.717, 1.165) is 11.1 Å². The summed E-state index contributed by atoms with van der Waals surface area (Å²) in [6.45, 7) is 6.38. The van der Waals surface area contributed by atoms with Crippen LogP contribution in [-0.2, 0) is 5.41 Å². The third-order valence-electron chi connectivity index (χ3n) is 4.49. The van der Waals surface area contributed by atoms with Crippen molar-refractivity contribution >= 4 is 18.1 Å². The molecule has 0 aromatic heterocycles. The monoisotopic (exact) mass is 400 g/mol. The Kier molecular flexibility index (Phi) is 6.42. The fourth-order valence-corrected chi connectivity index (χ4v) is 2.71. The van der Waals surface area contributed by atoms with Crippen molar-refractivity contribution in [3.63, 3.8) is 0 Å². The van der Waals surface area contributed by atoms with Crippen molar-refractivity contribution in [2.45, 2.75) is 26.2 Å². The highest BCUT2D eigenvalue weighted by Gasteiger charge is 2.14. The number of benzene rings is 3. The van der Waals surface area contributed by atoms with Gasteiger partial charge < -0.3 is 4.74 Å². The first kappa shape index (κ1) is 21.0. The minimum Gasteiger partial charge on any atom is -0.423 e. The van der Waals surface area contributed by atoms with Crippen molar-refractivity contribution < 1.29 is 14.3 Å². The lowest BCUT2D eigenvalue weighted by atomic mass is 9.87. The van der Waals surface area contributed by atoms with Gasteiger partial charge in [-0.2, -0.15) is 5.10 Å². The number of carbonyl (C=O) groups is 2. The highest BCUT2D eigenvalue weighted by molar-refractivity contribution is 5.95. The van der Waals surface area contributed by atoms with Crippen LogP contribution in [0.4, 0.5) is 0 Å². The fourth-order valence-electron chi connectivity index (χ4n) is 2.71. The van der Waals surface area contributed by atoms with Crippen LogP contribution in [0.3, 0.4) is 0 Å². The number of hydrazone groups is 1.